The SMILES string of the molecule is CC(C)=C(C(=O)O)/C(C(=O)O)=C(/c1c(C)n(C)c2ccccc12)C(F)(F)C(F)(F)C(F)(F)F. The zero-order valence-corrected chi connectivity index (χ0v) is 17.6. The predicted octanol–water partition coefficient (Wildman–Crippen LogP) is 5.58. The number of allylic oxidation sites excluding steroid dienone is 2. The Morgan fingerprint density at radius 3 is 1.79 bits per heavy atom. The minimum atomic E-state index is -6.78. The minimum Gasteiger partial charge on any atom is -0.478 e. The standard InChI is InChI=1S/C21H18F7NO4/c1-9(2)13(17(30)31)15(18(32)33)16(19(22,23)20(24,25)21(26,27)28)14-10(3)29(4)12-8-6-5-7-11(12)14/h5-8H,1-4H3,(H,30,31)(H,32,33)/b16-15+. The maximum Gasteiger partial charge on any atom is 0.460 e. The van der Waals surface area contributed by atoms with Gasteiger partial charge in [-0.2, -0.15) is 30.7 Å². The van der Waals surface area contributed by atoms with Crippen molar-refractivity contribution in [1.29, 1.82) is 0 Å². The van der Waals surface area contributed by atoms with E-state index >= 15 is 8.78 Å². The van der Waals surface area contributed by atoms with Gasteiger partial charge in [-0.15, -0.1) is 0 Å². The number of fused-ring (bicyclic) bond motifs is 1. The van der Waals surface area contributed by atoms with E-state index in [0.717, 1.165) is 26.8 Å². The van der Waals surface area contributed by atoms with E-state index in [9.17, 15) is 41.8 Å². The number of carboxylic acids is 2. The van der Waals surface area contributed by atoms with Gasteiger partial charge < -0.3 is 14.8 Å². The van der Waals surface area contributed by atoms with Crippen LogP contribution in [0.3, 0.4) is 0 Å². The fourth-order valence-corrected chi connectivity index (χ4v) is 3.52. The molecule has 1 aromatic carbocycles. The van der Waals surface area contributed by atoms with Crippen molar-refractivity contribution >= 4 is 28.4 Å². The molecular formula is C21H18F7NO4. The highest BCUT2D eigenvalue weighted by molar-refractivity contribution is 6.14. The Labute approximate surface area is 182 Å². The number of halogens is 7. The molecule has 2 aromatic rings. The quantitative estimate of drug-likeness (QED) is 0.321. The van der Waals surface area contributed by atoms with Crippen LogP contribution in [-0.4, -0.2) is 44.7 Å². The summed E-state index contributed by atoms with van der Waals surface area (Å²) in [6.45, 7) is 3.11. The third-order valence-electron chi connectivity index (χ3n) is 5.14. The molecule has 180 valence electrons. The Bertz CT molecular complexity index is 1200. The molecule has 5 nitrogen and oxygen atoms in total. The van der Waals surface area contributed by atoms with Gasteiger partial charge in [0.2, 0.25) is 0 Å². The molecule has 12 heteroatoms. The van der Waals surface area contributed by atoms with Gasteiger partial charge in [-0.1, -0.05) is 23.8 Å². The normalized spacial score (nSPS) is 13.7. The highest BCUT2D eigenvalue weighted by atomic mass is 19.4. The first-order chi connectivity index (χ1) is 14.9. The van der Waals surface area contributed by atoms with Gasteiger partial charge in [0.05, 0.1) is 16.7 Å². The molecule has 0 spiro atoms. The van der Waals surface area contributed by atoms with Crippen molar-refractivity contribution < 1.29 is 50.5 Å². The van der Waals surface area contributed by atoms with E-state index in [2.05, 4.69) is 0 Å². The molecule has 0 unspecified atom stereocenters. The highest BCUT2D eigenvalue weighted by Crippen LogP contribution is 2.55. The van der Waals surface area contributed by atoms with Crippen LogP contribution in [0.25, 0.3) is 16.5 Å². The van der Waals surface area contributed by atoms with E-state index in [1.165, 1.54) is 29.8 Å². The van der Waals surface area contributed by atoms with Crippen molar-refractivity contribution in [3.8, 4) is 0 Å². The van der Waals surface area contributed by atoms with Crippen LogP contribution in [0, 0.1) is 6.92 Å². The predicted molar refractivity (Wildman–Crippen MR) is 104 cm³/mol. The smallest absolute Gasteiger partial charge is 0.460 e. The lowest BCUT2D eigenvalue weighted by atomic mass is 9.84. The average molecular weight is 481 g/mol. The number of hydrogen-bond acceptors (Lipinski definition) is 2. The first kappa shape index (κ1) is 25.9. The number of carbonyl (C=O) groups is 2. The second-order valence-electron chi connectivity index (χ2n) is 7.42. The maximum absolute atomic E-state index is 15.2. The highest BCUT2D eigenvalue weighted by Gasteiger charge is 2.75. The number of carboxylic acid groups (broad SMARTS) is 2. The van der Waals surface area contributed by atoms with Crippen molar-refractivity contribution in [3.63, 3.8) is 0 Å². The van der Waals surface area contributed by atoms with E-state index in [0.29, 0.717) is 0 Å². The Hall–Kier alpha value is -3.31. The monoisotopic (exact) mass is 481 g/mol. The molecule has 1 heterocycles. The zero-order valence-electron chi connectivity index (χ0n) is 17.6. The molecule has 0 aliphatic rings. The fourth-order valence-electron chi connectivity index (χ4n) is 3.52. The summed E-state index contributed by atoms with van der Waals surface area (Å²) in [4.78, 5) is 23.8. The number of aliphatic carboxylic acids is 2. The van der Waals surface area contributed by atoms with Crippen molar-refractivity contribution in [2.75, 3.05) is 0 Å². The summed E-state index contributed by atoms with van der Waals surface area (Å²) in [6, 6.07) is 5.20. The molecule has 0 aliphatic carbocycles. The van der Waals surface area contributed by atoms with Crippen LogP contribution in [0.4, 0.5) is 30.7 Å². The Kier molecular flexibility index (Phi) is 6.47. The minimum absolute atomic E-state index is 0.118. The molecule has 2 N–H and O–H groups in total. The molecule has 33 heavy (non-hydrogen) atoms. The summed E-state index contributed by atoms with van der Waals surface area (Å²) in [7, 11) is 1.30. The number of hydrogen-bond donors (Lipinski definition) is 2. The first-order valence-electron chi connectivity index (χ1n) is 9.15. The molecule has 1 aromatic heterocycles. The van der Waals surface area contributed by atoms with E-state index in [1.807, 2.05) is 0 Å². The van der Waals surface area contributed by atoms with Crippen LogP contribution in [0.5, 0.6) is 0 Å². The molecule has 2 rings (SSSR count). The maximum atomic E-state index is 15.2. The van der Waals surface area contributed by atoms with Gasteiger partial charge in [0.15, 0.2) is 0 Å². The Morgan fingerprint density at radius 1 is 0.879 bits per heavy atom. The molecule has 0 atom stereocenters. The van der Waals surface area contributed by atoms with Gasteiger partial charge >= 0.3 is 30.0 Å². The van der Waals surface area contributed by atoms with Gasteiger partial charge in [0.25, 0.3) is 0 Å². The molecular weight excluding hydrogens is 463 g/mol. The second-order valence-corrected chi connectivity index (χ2v) is 7.42. The summed E-state index contributed by atoms with van der Waals surface area (Å²) in [5.74, 6) is -17.4. The largest absolute Gasteiger partial charge is 0.478 e. The third-order valence-corrected chi connectivity index (χ3v) is 5.14. The lowest BCUT2D eigenvalue weighted by Crippen LogP contribution is -2.53. The zero-order chi connectivity index (χ0) is 25.7. The molecule has 0 amide bonds. The molecule has 0 aliphatic heterocycles. The summed E-state index contributed by atoms with van der Waals surface area (Å²) in [5, 5.41) is 18.9. The lowest BCUT2D eigenvalue weighted by molar-refractivity contribution is -0.339. The summed E-state index contributed by atoms with van der Waals surface area (Å²) < 4.78 is 99.3. The molecule has 0 bridgehead atoms. The van der Waals surface area contributed by atoms with E-state index < -0.39 is 57.8 Å². The summed E-state index contributed by atoms with van der Waals surface area (Å²) in [5.41, 5.74) is -6.93. The number of benzene rings is 1. The van der Waals surface area contributed by atoms with E-state index in [1.54, 1.807) is 0 Å². The van der Waals surface area contributed by atoms with Crippen LogP contribution < -0.4 is 0 Å². The number of alkyl halides is 7. The third kappa shape index (κ3) is 3.98. The number of para-hydroxylation sites is 1. The van der Waals surface area contributed by atoms with Gasteiger partial charge in [-0.05, 0) is 26.8 Å². The Morgan fingerprint density at radius 2 is 1.36 bits per heavy atom. The number of aryl methyl sites for hydroxylation is 1. The Balaban J connectivity index is 3.31. The van der Waals surface area contributed by atoms with Crippen LogP contribution in [0.15, 0.2) is 41.0 Å². The van der Waals surface area contributed by atoms with Gasteiger partial charge in [-0.3, -0.25) is 0 Å². The average Bonchev–Trinajstić information content (AvgIpc) is 2.91. The van der Waals surface area contributed by atoms with Crippen molar-refractivity contribution in [1.82, 2.24) is 4.57 Å². The van der Waals surface area contributed by atoms with E-state index in [-0.39, 0.29) is 16.6 Å². The van der Waals surface area contributed by atoms with E-state index in [4.69, 9.17) is 0 Å². The van der Waals surface area contributed by atoms with Gasteiger partial charge in [0.1, 0.15) is 0 Å². The van der Waals surface area contributed by atoms with Crippen LogP contribution >= 0.6 is 0 Å². The first-order valence-corrected chi connectivity index (χ1v) is 9.15. The van der Waals surface area contributed by atoms with Crippen molar-refractivity contribution in [3.05, 3.63) is 52.2 Å². The fraction of sp³-hybridized carbons (Fsp3) is 0.333. The summed E-state index contributed by atoms with van der Waals surface area (Å²) in [6.07, 6.45) is -6.78. The number of nitrogens with zero attached hydrogens (tertiary/aromatic N) is 1. The molecule has 0 saturated carbocycles. The molecule has 0 radical (unpaired) electrons. The van der Waals surface area contributed by atoms with Crippen LogP contribution in [0.1, 0.15) is 25.1 Å². The number of rotatable bonds is 6. The lowest BCUT2D eigenvalue weighted by Gasteiger charge is -2.31. The van der Waals surface area contributed by atoms with Crippen LogP contribution in [-0.2, 0) is 16.6 Å². The molecule has 0 fully saturated rings. The van der Waals surface area contributed by atoms with Crippen molar-refractivity contribution in [2.45, 2.75) is 38.8 Å². The van der Waals surface area contributed by atoms with Crippen molar-refractivity contribution in [2.24, 2.45) is 7.05 Å². The van der Waals surface area contributed by atoms with Gasteiger partial charge in [-0.25, -0.2) is 9.59 Å². The van der Waals surface area contributed by atoms with Crippen LogP contribution in [0.2, 0.25) is 0 Å². The summed E-state index contributed by atoms with van der Waals surface area (Å²) >= 11 is 0. The molecule has 0 saturated heterocycles. The second kappa shape index (κ2) is 8.23. The number of aromatic nitrogens is 1. The van der Waals surface area contributed by atoms with Gasteiger partial charge in [0, 0.05) is 29.2 Å². The topological polar surface area (TPSA) is 79.5 Å².